The number of rotatable bonds is 6. The van der Waals surface area contributed by atoms with Gasteiger partial charge in [0.15, 0.2) is 11.4 Å². The second-order valence-corrected chi connectivity index (χ2v) is 9.33. The maximum absolute atomic E-state index is 12.6. The van der Waals surface area contributed by atoms with E-state index >= 15 is 0 Å². The van der Waals surface area contributed by atoms with Gasteiger partial charge in [-0.05, 0) is 6.07 Å². The molecule has 0 saturated carbocycles. The third kappa shape index (κ3) is 3.67. The fourth-order valence-corrected chi connectivity index (χ4v) is 5.12. The van der Waals surface area contributed by atoms with Gasteiger partial charge in [-0.15, -0.1) is 0 Å². The minimum Gasteiger partial charge on any atom is -0.364 e. The van der Waals surface area contributed by atoms with E-state index in [4.69, 9.17) is 5.73 Å². The molecule has 11 nitrogen and oxygen atoms in total. The average Bonchev–Trinajstić information content (AvgIpc) is 3.29. The molecule has 0 unspecified atom stereocenters. The fourth-order valence-electron chi connectivity index (χ4n) is 3.65. The van der Waals surface area contributed by atoms with E-state index in [9.17, 15) is 31.6 Å². The number of nitrogens with zero attached hydrogens (tertiary/aromatic N) is 6. The smallest absolute Gasteiger partial charge is 0.364 e. The van der Waals surface area contributed by atoms with Crippen molar-refractivity contribution >= 4 is 27.0 Å². The van der Waals surface area contributed by atoms with Crippen LogP contribution in [0.2, 0.25) is 0 Å². The maximum Gasteiger partial charge on any atom is 0.404 e. The highest BCUT2D eigenvalue weighted by molar-refractivity contribution is 7.89. The maximum atomic E-state index is 12.6. The molecule has 15 heteroatoms. The van der Waals surface area contributed by atoms with Gasteiger partial charge in [-0.25, -0.2) is 18.4 Å². The summed E-state index contributed by atoms with van der Waals surface area (Å²) >= 11 is 0. The van der Waals surface area contributed by atoms with Gasteiger partial charge in [-0.1, -0.05) is 0 Å². The molecule has 32 heavy (non-hydrogen) atoms. The number of aromatic nitrogens is 5. The molecule has 1 aliphatic heterocycles. The number of fused-ring (bicyclic) bond motifs is 1. The van der Waals surface area contributed by atoms with Crippen LogP contribution in [-0.2, 0) is 15.6 Å². The second-order valence-electron chi connectivity index (χ2n) is 7.36. The average molecular weight is 468 g/mol. The van der Waals surface area contributed by atoms with Crippen LogP contribution in [0.5, 0.6) is 0 Å². The number of carbonyl (C=O) groups is 1. The molecule has 0 spiro atoms. The molecule has 4 heterocycles. The summed E-state index contributed by atoms with van der Waals surface area (Å²) in [6.45, 7) is -0.830. The Balaban J connectivity index is 1.74. The number of hydrogen-bond donors (Lipinski definition) is 2. The lowest BCUT2D eigenvalue weighted by molar-refractivity contribution is -0.107. The molecule has 168 valence electrons. The Hall–Kier alpha value is -3.51. The van der Waals surface area contributed by atoms with Crippen molar-refractivity contribution < 1.29 is 26.4 Å². The minimum absolute atomic E-state index is 0.180. The number of nitriles is 1. The predicted octanol–water partition coefficient (Wildman–Crippen LogP) is 0.737. The van der Waals surface area contributed by atoms with Crippen molar-refractivity contribution in [2.24, 2.45) is 5.73 Å². The Morgan fingerprint density at radius 3 is 2.69 bits per heavy atom. The van der Waals surface area contributed by atoms with E-state index in [0.29, 0.717) is 21.0 Å². The van der Waals surface area contributed by atoms with Crippen LogP contribution in [0.25, 0.3) is 22.3 Å². The monoisotopic (exact) mass is 468 g/mol. The summed E-state index contributed by atoms with van der Waals surface area (Å²) in [4.78, 5) is 23.2. The van der Waals surface area contributed by atoms with Gasteiger partial charge in [-0.3, -0.25) is 9.48 Å². The lowest BCUT2D eigenvalue weighted by atomic mass is 9.89. The molecule has 0 aliphatic carbocycles. The van der Waals surface area contributed by atoms with Crippen LogP contribution < -0.4 is 5.73 Å². The number of carbonyl (C=O) groups excluding carboxylic acids is 1. The number of hydrogen-bond acceptors (Lipinski definition) is 7. The normalized spacial score (nSPS) is 16.6. The summed E-state index contributed by atoms with van der Waals surface area (Å²) in [5.74, 6) is -2.90. The molecule has 3 N–H and O–H groups in total. The van der Waals surface area contributed by atoms with E-state index in [1.165, 1.54) is 17.2 Å². The zero-order valence-corrected chi connectivity index (χ0v) is 17.0. The number of halogens is 3. The molecular weight excluding hydrogens is 453 g/mol. The lowest BCUT2D eigenvalue weighted by Gasteiger charge is -2.47. The van der Waals surface area contributed by atoms with Crippen LogP contribution >= 0.6 is 0 Å². The summed E-state index contributed by atoms with van der Waals surface area (Å²) in [7, 11) is -4.63. The molecule has 3 aromatic rings. The van der Waals surface area contributed by atoms with Crippen LogP contribution in [-0.4, -0.2) is 68.4 Å². The zero-order valence-electron chi connectivity index (χ0n) is 16.2. The summed E-state index contributed by atoms with van der Waals surface area (Å²) in [5.41, 5.74) is 5.05. The van der Waals surface area contributed by atoms with Crippen molar-refractivity contribution in [1.29, 1.82) is 5.26 Å². The summed E-state index contributed by atoms with van der Waals surface area (Å²) in [6, 6.07) is 3.57. The van der Waals surface area contributed by atoms with E-state index in [-0.39, 0.29) is 17.7 Å². The third-order valence-electron chi connectivity index (χ3n) is 5.13. The second kappa shape index (κ2) is 7.28. The Kier molecular flexibility index (Phi) is 4.94. The number of nitrogens with one attached hydrogen (secondary N) is 1. The number of amides is 1. The largest absolute Gasteiger partial charge is 0.404 e. The van der Waals surface area contributed by atoms with Gasteiger partial charge in [0, 0.05) is 30.9 Å². The molecule has 0 atom stereocenters. The molecule has 4 rings (SSSR count). The molecule has 3 aromatic heterocycles. The van der Waals surface area contributed by atoms with Crippen molar-refractivity contribution in [3.8, 4) is 17.3 Å². The van der Waals surface area contributed by atoms with Crippen LogP contribution in [0.15, 0.2) is 24.8 Å². The molecular formula is C17H15F3N8O3S. The molecule has 0 bridgehead atoms. The number of H-pyrrole nitrogens is 1. The zero-order chi connectivity index (χ0) is 23.3. The van der Waals surface area contributed by atoms with Crippen molar-refractivity contribution in [3.05, 3.63) is 30.5 Å². The SMILES string of the molecule is N#CCC1(n2cc(-c3ncnc4[nH]ccc34)c(C(N)=O)n2)CN(S(=O)(=O)CC(F)(F)F)C1. The minimum atomic E-state index is -4.90. The van der Waals surface area contributed by atoms with E-state index in [2.05, 4.69) is 20.1 Å². The Bertz CT molecular complexity index is 1350. The molecule has 1 fully saturated rings. The van der Waals surface area contributed by atoms with Crippen molar-refractivity contribution in [2.45, 2.75) is 18.1 Å². The van der Waals surface area contributed by atoms with Gasteiger partial charge < -0.3 is 10.7 Å². The molecule has 0 aromatic carbocycles. The first kappa shape index (κ1) is 21.7. The number of primary amides is 1. The van der Waals surface area contributed by atoms with Crippen LogP contribution in [0.4, 0.5) is 13.2 Å². The Morgan fingerprint density at radius 2 is 2.06 bits per heavy atom. The van der Waals surface area contributed by atoms with Gasteiger partial charge in [0.25, 0.3) is 5.91 Å². The number of alkyl halides is 3. The number of aromatic amines is 1. The van der Waals surface area contributed by atoms with Crippen molar-refractivity contribution in [3.63, 3.8) is 0 Å². The number of sulfonamides is 1. The van der Waals surface area contributed by atoms with Gasteiger partial charge in [-0.2, -0.15) is 27.8 Å². The molecule has 0 radical (unpaired) electrons. The van der Waals surface area contributed by atoms with Gasteiger partial charge in [0.05, 0.1) is 23.7 Å². The Labute approximate surface area is 178 Å². The van der Waals surface area contributed by atoms with Crippen LogP contribution in [0.3, 0.4) is 0 Å². The first-order valence-corrected chi connectivity index (χ1v) is 10.7. The number of nitrogens with two attached hydrogens (primary N) is 1. The Morgan fingerprint density at radius 1 is 1.34 bits per heavy atom. The van der Waals surface area contributed by atoms with Gasteiger partial charge in [0.1, 0.15) is 17.5 Å². The topological polar surface area (TPSA) is 164 Å². The highest BCUT2D eigenvalue weighted by atomic mass is 32.2. The highest BCUT2D eigenvalue weighted by Crippen LogP contribution is 2.38. The standard InChI is InChI=1S/C17H15F3N8O3S/c18-17(19,20)8-32(30,31)27-6-16(7-27,2-3-21)28-5-11(13(26-28)14(22)29)12-10-1-4-23-15(10)25-9-24-12/h1,4-5,9H,2,6-8H2,(H2,22,29)(H,23,24,25). The van der Waals surface area contributed by atoms with Crippen molar-refractivity contribution in [1.82, 2.24) is 29.0 Å². The summed E-state index contributed by atoms with van der Waals surface area (Å²) in [6.07, 6.45) is -0.896. The van der Waals surface area contributed by atoms with E-state index in [0.717, 1.165) is 0 Å². The van der Waals surface area contributed by atoms with E-state index in [1.54, 1.807) is 12.3 Å². The van der Waals surface area contributed by atoms with E-state index in [1.807, 2.05) is 6.07 Å². The third-order valence-corrected chi connectivity index (χ3v) is 6.87. The van der Waals surface area contributed by atoms with E-state index < -0.39 is 46.5 Å². The van der Waals surface area contributed by atoms with Crippen LogP contribution in [0, 0.1) is 11.3 Å². The van der Waals surface area contributed by atoms with Gasteiger partial charge >= 0.3 is 6.18 Å². The predicted molar refractivity (Wildman–Crippen MR) is 103 cm³/mol. The first-order valence-electron chi connectivity index (χ1n) is 9.06. The summed E-state index contributed by atoms with van der Waals surface area (Å²) in [5, 5.41) is 14.0. The molecule has 1 saturated heterocycles. The molecule has 1 amide bonds. The molecule has 1 aliphatic rings. The van der Waals surface area contributed by atoms with Gasteiger partial charge in [0.2, 0.25) is 10.0 Å². The van der Waals surface area contributed by atoms with Crippen LogP contribution in [0.1, 0.15) is 16.9 Å². The fraction of sp³-hybridized carbons (Fsp3) is 0.353. The summed E-state index contributed by atoms with van der Waals surface area (Å²) < 4.78 is 63.9. The quantitative estimate of drug-likeness (QED) is 0.539. The lowest BCUT2D eigenvalue weighted by Crippen LogP contribution is -2.65. The first-order chi connectivity index (χ1) is 15.0. The highest BCUT2D eigenvalue weighted by Gasteiger charge is 2.52. The van der Waals surface area contributed by atoms with Crippen molar-refractivity contribution in [2.75, 3.05) is 18.8 Å².